The van der Waals surface area contributed by atoms with E-state index in [2.05, 4.69) is 59.4 Å². The molecule has 1 fully saturated rings. The van der Waals surface area contributed by atoms with Crippen molar-refractivity contribution in [1.29, 1.82) is 0 Å². The quantitative estimate of drug-likeness (QED) is 0.685. The van der Waals surface area contributed by atoms with Gasteiger partial charge in [0.05, 0.1) is 29.8 Å². The number of thiophene rings is 1. The van der Waals surface area contributed by atoms with Crippen molar-refractivity contribution >= 4 is 45.5 Å². The first kappa shape index (κ1) is 21.8. The number of carboxylic acids is 2. The van der Waals surface area contributed by atoms with Gasteiger partial charge < -0.3 is 25.3 Å². The van der Waals surface area contributed by atoms with Crippen LogP contribution < -0.4 is 5.32 Å². The number of para-hydroxylation sites is 2. The van der Waals surface area contributed by atoms with Gasteiger partial charge in [-0.2, -0.15) is 0 Å². The first-order valence-corrected chi connectivity index (χ1v) is 10.6. The maximum atomic E-state index is 9.64. The van der Waals surface area contributed by atoms with Gasteiger partial charge in [0.25, 0.3) is 0 Å². The molecule has 1 aromatic heterocycles. The number of hydrogen-bond donors (Lipinski definition) is 3. The van der Waals surface area contributed by atoms with E-state index in [1.807, 2.05) is 0 Å². The van der Waals surface area contributed by atoms with Crippen molar-refractivity contribution in [2.45, 2.75) is 19.8 Å². The number of anilines is 2. The lowest BCUT2D eigenvalue weighted by atomic mass is 10.2. The van der Waals surface area contributed by atoms with Gasteiger partial charge in [-0.3, -0.25) is 9.59 Å². The Morgan fingerprint density at radius 2 is 1.73 bits per heavy atom. The third kappa shape index (κ3) is 5.58. The summed E-state index contributed by atoms with van der Waals surface area (Å²) in [6.07, 6.45) is -0.593. The molecule has 0 bridgehead atoms. The number of benzene rings is 1. The van der Waals surface area contributed by atoms with Crippen LogP contribution >= 0.6 is 11.3 Å². The van der Waals surface area contributed by atoms with Crippen molar-refractivity contribution in [3.05, 3.63) is 40.8 Å². The van der Waals surface area contributed by atoms with E-state index in [4.69, 9.17) is 15.2 Å². The van der Waals surface area contributed by atoms with Crippen LogP contribution in [0.25, 0.3) is 0 Å². The molecule has 3 N–H and O–H groups in total. The smallest absolute Gasteiger partial charge is 0.303 e. The highest BCUT2D eigenvalue weighted by Gasteiger charge is 2.25. The molecule has 8 nitrogen and oxygen atoms in total. The zero-order valence-electron chi connectivity index (χ0n) is 17.1. The second kappa shape index (κ2) is 9.73. The summed E-state index contributed by atoms with van der Waals surface area (Å²) in [5, 5.41) is 20.6. The topological polar surface area (TPSA) is 105 Å². The average Bonchev–Trinajstić information content (AvgIpc) is 2.99. The Bertz CT molecular complexity index is 934. The molecule has 9 heteroatoms. The van der Waals surface area contributed by atoms with E-state index in [9.17, 15) is 9.59 Å². The Morgan fingerprint density at radius 1 is 1.10 bits per heavy atom. The summed E-state index contributed by atoms with van der Waals surface area (Å²) in [7, 11) is 2.18. The number of rotatable bonds is 3. The van der Waals surface area contributed by atoms with Crippen LogP contribution in [0.4, 0.5) is 16.4 Å². The summed E-state index contributed by atoms with van der Waals surface area (Å²) < 4.78 is 0. The zero-order valence-corrected chi connectivity index (χ0v) is 17.9. The Balaban J connectivity index is 0.000000275. The van der Waals surface area contributed by atoms with Gasteiger partial charge in [-0.05, 0) is 32.2 Å². The SMILES string of the molecule is Cc1cc2c(s1)Nc1ccccc1N=C2N1CCN(C)CC1.O=C(O)CCC(=O)O. The van der Waals surface area contributed by atoms with Crippen molar-refractivity contribution in [1.82, 2.24) is 9.80 Å². The number of nitrogens with zero attached hydrogens (tertiary/aromatic N) is 3. The number of fused-ring (bicyclic) bond motifs is 2. The number of aryl methyl sites for hydroxylation is 1. The van der Waals surface area contributed by atoms with E-state index in [0.29, 0.717) is 0 Å². The van der Waals surface area contributed by atoms with Crippen LogP contribution in [0, 0.1) is 6.92 Å². The molecule has 0 atom stereocenters. The van der Waals surface area contributed by atoms with E-state index in [-0.39, 0.29) is 12.8 Å². The lowest BCUT2D eigenvalue weighted by Gasteiger charge is -2.34. The average molecular weight is 431 g/mol. The molecule has 2 aromatic rings. The molecule has 1 saturated heterocycles. The first-order chi connectivity index (χ1) is 14.3. The molecule has 3 heterocycles. The molecule has 4 rings (SSSR count). The second-order valence-corrected chi connectivity index (χ2v) is 8.51. The van der Waals surface area contributed by atoms with Gasteiger partial charge in [0, 0.05) is 31.1 Å². The lowest BCUT2D eigenvalue weighted by molar-refractivity contribution is -0.143. The van der Waals surface area contributed by atoms with E-state index < -0.39 is 11.9 Å². The van der Waals surface area contributed by atoms with Crippen molar-refractivity contribution in [3.63, 3.8) is 0 Å². The highest BCUT2D eigenvalue weighted by Crippen LogP contribution is 2.39. The highest BCUT2D eigenvalue weighted by atomic mass is 32.1. The molecule has 0 amide bonds. The molecule has 0 radical (unpaired) electrons. The lowest BCUT2D eigenvalue weighted by Crippen LogP contribution is -2.47. The van der Waals surface area contributed by atoms with Crippen LogP contribution in [0.3, 0.4) is 0 Å². The summed E-state index contributed by atoms with van der Waals surface area (Å²) >= 11 is 1.81. The molecule has 0 spiro atoms. The fourth-order valence-corrected chi connectivity index (χ4v) is 4.14. The predicted molar refractivity (Wildman–Crippen MR) is 119 cm³/mol. The van der Waals surface area contributed by atoms with E-state index >= 15 is 0 Å². The molecule has 0 unspecified atom stereocenters. The number of likely N-dealkylation sites (N-methyl/N-ethyl adjacent to an activating group) is 1. The molecule has 0 aliphatic carbocycles. The Morgan fingerprint density at radius 3 is 2.37 bits per heavy atom. The summed E-state index contributed by atoms with van der Waals surface area (Å²) in [5.41, 5.74) is 3.36. The number of nitrogens with one attached hydrogen (secondary N) is 1. The second-order valence-electron chi connectivity index (χ2n) is 7.26. The maximum absolute atomic E-state index is 9.64. The summed E-state index contributed by atoms with van der Waals surface area (Å²) in [6.45, 7) is 6.41. The van der Waals surface area contributed by atoms with Crippen molar-refractivity contribution < 1.29 is 19.8 Å². The molecule has 0 saturated carbocycles. The fraction of sp³-hybridized carbons (Fsp3) is 0.381. The van der Waals surface area contributed by atoms with Crippen LogP contribution in [0.5, 0.6) is 0 Å². The van der Waals surface area contributed by atoms with Crippen LogP contribution in [-0.2, 0) is 9.59 Å². The molecular formula is C21H26N4O4S. The van der Waals surface area contributed by atoms with Crippen LogP contribution in [0.1, 0.15) is 23.3 Å². The van der Waals surface area contributed by atoms with Gasteiger partial charge in [-0.15, -0.1) is 11.3 Å². The summed E-state index contributed by atoms with van der Waals surface area (Å²) in [5.74, 6) is -1.04. The molecule has 160 valence electrons. The highest BCUT2D eigenvalue weighted by molar-refractivity contribution is 7.16. The number of aliphatic imine (C=N–C) groups is 1. The van der Waals surface area contributed by atoms with Gasteiger partial charge in [-0.1, -0.05) is 12.1 Å². The summed E-state index contributed by atoms with van der Waals surface area (Å²) in [6, 6.07) is 10.6. The van der Waals surface area contributed by atoms with Gasteiger partial charge in [0.15, 0.2) is 0 Å². The van der Waals surface area contributed by atoms with Crippen LogP contribution in [0.15, 0.2) is 35.3 Å². The number of hydrogen-bond acceptors (Lipinski definition) is 7. The van der Waals surface area contributed by atoms with Crippen LogP contribution in [0.2, 0.25) is 0 Å². The van der Waals surface area contributed by atoms with Crippen molar-refractivity contribution in [2.75, 3.05) is 38.5 Å². The standard InChI is InChI=1S/C17H20N4S.C4H6O4/c1-12-11-13-16(21-9-7-20(2)8-10-21)18-14-5-3-4-6-15(14)19-17(13)22-12;5-3(6)1-2-4(7)8/h3-6,11,19H,7-10H2,1-2H3;1-2H2,(H,5,6)(H,7,8). The number of aliphatic carboxylic acids is 2. The number of piperazine rings is 1. The maximum Gasteiger partial charge on any atom is 0.303 e. The van der Waals surface area contributed by atoms with E-state index in [1.54, 1.807) is 11.3 Å². The monoisotopic (exact) mass is 430 g/mol. The Hall–Kier alpha value is -2.91. The van der Waals surface area contributed by atoms with E-state index in [1.165, 1.54) is 15.4 Å². The fourth-order valence-electron chi connectivity index (χ4n) is 3.22. The van der Waals surface area contributed by atoms with Crippen LogP contribution in [-0.4, -0.2) is 71.0 Å². The van der Waals surface area contributed by atoms with Gasteiger partial charge in [-0.25, -0.2) is 4.99 Å². The normalized spacial score (nSPS) is 15.5. The minimum absolute atomic E-state index is 0.296. The molecular weight excluding hydrogens is 404 g/mol. The molecule has 1 aromatic carbocycles. The van der Waals surface area contributed by atoms with Gasteiger partial charge in [0.2, 0.25) is 0 Å². The Kier molecular flexibility index (Phi) is 7.07. The van der Waals surface area contributed by atoms with Crippen molar-refractivity contribution in [3.8, 4) is 0 Å². The largest absolute Gasteiger partial charge is 0.481 e. The first-order valence-electron chi connectivity index (χ1n) is 9.76. The molecule has 30 heavy (non-hydrogen) atoms. The zero-order chi connectivity index (χ0) is 21.7. The third-order valence-electron chi connectivity index (χ3n) is 4.83. The number of carbonyl (C=O) groups is 2. The van der Waals surface area contributed by atoms with Gasteiger partial charge >= 0.3 is 11.9 Å². The predicted octanol–water partition coefficient (Wildman–Crippen LogP) is 3.38. The number of carboxylic acid groups (broad SMARTS) is 2. The number of amidine groups is 1. The summed E-state index contributed by atoms with van der Waals surface area (Å²) in [4.78, 5) is 30.4. The molecule has 2 aliphatic heterocycles. The van der Waals surface area contributed by atoms with Crippen molar-refractivity contribution in [2.24, 2.45) is 4.99 Å². The Labute approximate surface area is 179 Å². The minimum atomic E-state index is -1.08. The van der Waals surface area contributed by atoms with E-state index in [0.717, 1.165) is 43.4 Å². The van der Waals surface area contributed by atoms with Gasteiger partial charge in [0.1, 0.15) is 10.8 Å². The minimum Gasteiger partial charge on any atom is -0.481 e. The third-order valence-corrected chi connectivity index (χ3v) is 5.80. The molecule has 2 aliphatic rings.